The van der Waals surface area contributed by atoms with Crippen LogP contribution >= 0.6 is 23.8 Å². The Bertz CT molecular complexity index is 703. The van der Waals surface area contributed by atoms with Crippen molar-refractivity contribution in [2.75, 3.05) is 19.8 Å². The monoisotopic (exact) mass is 366 g/mol. The summed E-state index contributed by atoms with van der Waals surface area (Å²) in [5.41, 5.74) is 1.12. The van der Waals surface area contributed by atoms with Crippen LogP contribution < -0.4 is 14.8 Å². The fourth-order valence-electron chi connectivity index (χ4n) is 2.24. The zero-order valence-corrected chi connectivity index (χ0v) is 15.2. The van der Waals surface area contributed by atoms with E-state index < -0.39 is 0 Å². The summed E-state index contributed by atoms with van der Waals surface area (Å²) in [7, 11) is 0. The molecule has 2 rings (SSSR count). The lowest BCUT2D eigenvalue weighted by atomic mass is 10.1. The number of nitrogens with one attached hydrogen (secondary N) is 1. The Hall–Kier alpha value is -2.05. The molecule has 1 aliphatic heterocycles. The molecule has 0 spiro atoms. The van der Waals surface area contributed by atoms with Crippen LogP contribution in [0.4, 0.5) is 0 Å². The highest BCUT2D eigenvalue weighted by Crippen LogP contribution is 2.37. The molecule has 5 nitrogen and oxygen atoms in total. The molecule has 0 saturated carbocycles. The maximum absolute atomic E-state index is 12.3. The molecule has 1 saturated heterocycles. The van der Waals surface area contributed by atoms with Crippen LogP contribution in [-0.4, -0.2) is 35.7 Å². The second-order valence-electron chi connectivity index (χ2n) is 4.90. The van der Waals surface area contributed by atoms with Crippen LogP contribution in [-0.2, 0) is 4.79 Å². The van der Waals surface area contributed by atoms with Crippen molar-refractivity contribution < 1.29 is 14.3 Å². The van der Waals surface area contributed by atoms with Gasteiger partial charge in [0.2, 0.25) is 0 Å². The van der Waals surface area contributed by atoms with E-state index in [0.29, 0.717) is 52.7 Å². The van der Waals surface area contributed by atoms with Gasteiger partial charge in [0.25, 0.3) is 5.91 Å². The molecule has 24 heavy (non-hydrogen) atoms. The Morgan fingerprint density at radius 2 is 2.12 bits per heavy atom. The van der Waals surface area contributed by atoms with Gasteiger partial charge in [-0.3, -0.25) is 9.69 Å². The Balaban J connectivity index is 2.38. The van der Waals surface area contributed by atoms with E-state index in [1.165, 1.54) is 4.90 Å². The van der Waals surface area contributed by atoms with Crippen molar-refractivity contribution in [3.63, 3.8) is 0 Å². The van der Waals surface area contributed by atoms with Gasteiger partial charge in [0.1, 0.15) is 12.3 Å². The minimum atomic E-state index is -0.163. The number of hydrogen-bond donors (Lipinski definition) is 1. The van der Waals surface area contributed by atoms with Gasteiger partial charge in [0, 0.05) is 6.54 Å². The molecule has 1 N–H and O–H groups in total. The van der Waals surface area contributed by atoms with Crippen molar-refractivity contribution >= 4 is 40.9 Å². The van der Waals surface area contributed by atoms with Crippen molar-refractivity contribution in [2.45, 2.75) is 13.8 Å². The third-order valence-electron chi connectivity index (χ3n) is 3.27. The fraction of sp³-hybridized carbons (Fsp3) is 0.294. The molecular weight excluding hydrogens is 348 g/mol. The minimum Gasteiger partial charge on any atom is -0.490 e. The van der Waals surface area contributed by atoms with E-state index in [1.807, 2.05) is 13.8 Å². The smallest absolute Gasteiger partial charge is 0.276 e. The van der Waals surface area contributed by atoms with E-state index in [4.69, 9.17) is 33.3 Å². The molecule has 0 radical (unpaired) electrons. The van der Waals surface area contributed by atoms with Gasteiger partial charge >= 0.3 is 0 Å². The summed E-state index contributed by atoms with van der Waals surface area (Å²) in [5.74, 6) is 0.805. The first-order valence-electron chi connectivity index (χ1n) is 7.56. The summed E-state index contributed by atoms with van der Waals surface area (Å²) >= 11 is 11.4. The average molecular weight is 367 g/mol. The summed E-state index contributed by atoms with van der Waals surface area (Å²) < 4.78 is 11.2. The van der Waals surface area contributed by atoms with Gasteiger partial charge < -0.3 is 14.8 Å². The van der Waals surface area contributed by atoms with Crippen LogP contribution in [0.2, 0.25) is 5.02 Å². The number of thiocarbonyl (C=S) groups is 1. The zero-order valence-electron chi connectivity index (χ0n) is 13.6. The third-order valence-corrected chi connectivity index (χ3v) is 3.87. The molecular formula is C17H19ClN2O3S. The van der Waals surface area contributed by atoms with Gasteiger partial charge in [-0.15, -0.1) is 0 Å². The van der Waals surface area contributed by atoms with E-state index in [-0.39, 0.29) is 5.91 Å². The second kappa shape index (κ2) is 8.17. The summed E-state index contributed by atoms with van der Waals surface area (Å²) in [4.78, 5) is 13.8. The number of nitrogens with zero attached hydrogens (tertiary/aromatic N) is 1. The highest BCUT2D eigenvalue weighted by Gasteiger charge is 2.29. The molecule has 7 heteroatoms. The number of halogens is 1. The van der Waals surface area contributed by atoms with Gasteiger partial charge in [0.15, 0.2) is 16.6 Å². The topological polar surface area (TPSA) is 50.8 Å². The molecule has 0 aliphatic carbocycles. The van der Waals surface area contributed by atoms with Gasteiger partial charge in [0.05, 0.1) is 11.6 Å². The highest BCUT2D eigenvalue weighted by atomic mass is 35.5. The Labute approximate surface area is 151 Å². The summed E-state index contributed by atoms with van der Waals surface area (Å²) in [6.07, 6.45) is 3.32. The third kappa shape index (κ3) is 3.88. The minimum absolute atomic E-state index is 0.163. The number of carbonyl (C=O) groups is 1. The Morgan fingerprint density at radius 3 is 2.71 bits per heavy atom. The van der Waals surface area contributed by atoms with Crippen LogP contribution in [0.25, 0.3) is 6.08 Å². The van der Waals surface area contributed by atoms with Gasteiger partial charge in [-0.25, -0.2) is 0 Å². The predicted octanol–water partition coefficient (Wildman–Crippen LogP) is 3.38. The fourth-order valence-corrected chi connectivity index (χ4v) is 2.84. The molecule has 1 aliphatic rings. The van der Waals surface area contributed by atoms with E-state index in [2.05, 4.69) is 11.9 Å². The molecule has 0 bridgehead atoms. The number of ether oxygens (including phenoxy) is 2. The number of rotatable bonds is 7. The number of amides is 1. The van der Waals surface area contributed by atoms with Crippen molar-refractivity contribution in [2.24, 2.45) is 0 Å². The molecule has 1 heterocycles. The lowest BCUT2D eigenvalue weighted by Gasteiger charge is -2.13. The van der Waals surface area contributed by atoms with Crippen molar-refractivity contribution in [3.8, 4) is 11.5 Å². The molecule has 1 amide bonds. The molecule has 1 aromatic carbocycles. The summed E-state index contributed by atoms with van der Waals surface area (Å²) in [6.45, 7) is 8.65. The first kappa shape index (κ1) is 18.3. The average Bonchev–Trinajstić information content (AvgIpc) is 2.80. The van der Waals surface area contributed by atoms with E-state index in [9.17, 15) is 4.79 Å². The zero-order chi connectivity index (χ0) is 17.7. The number of hydrogen-bond acceptors (Lipinski definition) is 4. The standard InChI is InChI=1S/C17H19ClN2O3S/c1-4-7-23-15-12(18)8-11(10-14(15)22-6-3)9-13-16(21)20(5-2)17(24)19-13/h4,8-10H,1,5-7H2,2-3H3,(H,19,24). The SMILES string of the molecule is C=CCOc1c(Cl)cc(C=C2NC(=S)N(CC)C2=O)cc1OCC. The first-order valence-corrected chi connectivity index (χ1v) is 8.35. The van der Waals surface area contributed by atoms with Crippen LogP contribution in [0.15, 0.2) is 30.5 Å². The molecule has 1 fully saturated rings. The van der Waals surface area contributed by atoms with Gasteiger partial charge in [-0.05, 0) is 49.8 Å². The molecule has 1 aromatic rings. The maximum atomic E-state index is 12.3. The Kier molecular flexibility index (Phi) is 6.23. The second-order valence-corrected chi connectivity index (χ2v) is 5.69. The normalized spacial score (nSPS) is 15.6. The number of carbonyl (C=O) groups excluding carboxylic acids is 1. The quantitative estimate of drug-likeness (QED) is 0.455. The summed E-state index contributed by atoms with van der Waals surface area (Å²) in [5, 5.41) is 3.71. The lowest BCUT2D eigenvalue weighted by Crippen LogP contribution is -2.30. The number of likely N-dealkylation sites (N-methyl/N-ethyl adjacent to an activating group) is 1. The first-order chi connectivity index (χ1) is 11.5. The molecule has 0 atom stereocenters. The van der Waals surface area contributed by atoms with Crippen molar-refractivity contribution in [3.05, 3.63) is 41.1 Å². The van der Waals surface area contributed by atoms with Gasteiger partial charge in [-0.2, -0.15) is 0 Å². The van der Waals surface area contributed by atoms with Crippen LogP contribution in [0, 0.1) is 0 Å². The van der Waals surface area contributed by atoms with Crippen LogP contribution in [0.3, 0.4) is 0 Å². The predicted molar refractivity (Wildman–Crippen MR) is 99.4 cm³/mol. The van der Waals surface area contributed by atoms with Crippen LogP contribution in [0.1, 0.15) is 19.4 Å². The Morgan fingerprint density at radius 1 is 1.38 bits per heavy atom. The highest BCUT2D eigenvalue weighted by molar-refractivity contribution is 7.80. The van der Waals surface area contributed by atoms with Gasteiger partial charge in [-0.1, -0.05) is 24.3 Å². The van der Waals surface area contributed by atoms with E-state index in [0.717, 1.165) is 0 Å². The lowest BCUT2D eigenvalue weighted by molar-refractivity contribution is -0.122. The molecule has 0 aromatic heterocycles. The van der Waals surface area contributed by atoms with E-state index >= 15 is 0 Å². The van der Waals surface area contributed by atoms with Crippen molar-refractivity contribution in [1.82, 2.24) is 10.2 Å². The largest absolute Gasteiger partial charge is 0.490 e. The van der Waals surface area contributed by atoms with Crippen molar-refractivity contribution in [1.29, 1.82) is 0 Å². The van der Waals surface area contributed by atoms with Crippen LogP contribution in [0.5, 0.6) is 11.5 Å². The van der Waals surface area contributed by atoms with E-state index in [1.54, 1.807) is 24.3 Å². The number of benzene rings is 1. The maximum Gasteiger partial charge on any atom is 0.276 e. The molecule has 0 unspecified atom stereocenters. The molecule has 128 valence electrons. The summed E-state index contributed by atoms with van der Waals surface area (Å²) in [6, 6.07) is 3.48.